The molecule has 0 bridgehead atoms. The van der Waals surface area contributed by atoms with E-state index < -0.39 is 12.1 Å². The Morgan fingerprint density at radius 1 is 0.394 bits per heavy atom. The first-order valence-electron chi connectivity index (χ1n) is 31.8. The third-order valence-corrected chi connectivity index (χ3v) is 14.7. The maximum Gasteiger partial charge on any atom is 0.305 e. The number of rotatable bonds is 59. The minimum Gasteiger partial charge on any atom is -0.466 e. The van der Waals surface area contributed by atoms with E-state index in [1.165, 1.54) is 270 Å². The number of hydrogen-bond acceptors (Lipinski definition) is 5. The third kappa shape index (κ3) is 57.2. The average Bonchev–Trinajstić information content (AvgIpc) is 3.37. The molecule has 0 saturated carbocycles. The van der Waals surface area contributed by atoms with Crippen molar-refractivity contribution in [1.29, 1.82) is 0 Å². The fourth-order valence-electron chi connectivity index (χ4n) is 9.78. The van der Waals surface area contributed by atoms with Gasteiger partial charge in [-0.05, 0) is 64.2 Å². The molecule has 0 aliphatic rings. The van der Waals surface area contributed by atoms with Crippen LogP contribution in [0.5, 0.6) is 0 Å². The lowest BCUT2D eigenvalue weighted by molar-refractivity contribution is -0.143. The van der Waals surface area contributed by atoms with Gasteiger partial charge in [0.1, 0.15) is 0 Å². The standard InChI is InChI=1S/C65H123NO5/c1-3-5-7-9-11-13-15-17-31-35-39-43-47-51-55-59-65(70)71-60-56-52-48-44-40-36-33-30-28-26-24-22-20-18-19-21-23-25-27-29-32-34-38-42-46-50-54-58-64(69)66-62(61-67)63(68)57-53-49-45-41-37-16-14-12-10-8-6-4-2/h18-19,22,24,53,57,62-63,67-68H,3-17,20-21,23,25-52,54-56,58-61H2,1-2H3,(H,66,69)/b19-18-,24-22-,57-53+. The quantitative estimate of drug-likeness (QED) is 0.0321. The minimum absolute atomic E-state index is 0.0131. The van der Waals surface area contributed by atoms with E-state index >= 15 is 0 Å². The van der Waals surface area contributed by atoms with Crippen LogP contribution < -0.4 is 5.32 Å². The van der Waals surface area contributed by atoms with E-state index in [2.05, 4.69) is 43.5 Å². The second-order valence-corrected chi connectivity index (χ2v) is 21.7. The van der Waals surface area contributed by atoms with Gasteiger partial charge >= 0.3 is 5.97 Å². The molecule has 0 heterocycles. The molecule has 0 aliphatic carbocycles. The Kier molecular flexibility index (Phi) is 59.0. The lowest BCUT2D eigenvalue weighted by Gasteiger charge is -2.20. The molecule has 0 spiro atoms. The molecule has 71 heavy (non-hydrogen) atoms. The van der Waals surface area contributed by atoms with Crippen molar-refractivity contribution < 1.29 is 24.5 Å². The second-order valence-electron chi connectivity index (χ2n) is 21.7. The average molecular weight is 999 g/mol. The van der Waals surface area contributed by atoms with E-state index in [4.69, 9.17) is 4.74 Å². The lowest BCUT2D eigenvalue weighted by Crippen LogP contribution is -2.45. The Bertz CT molecular complexity index is 1150. The summed E-state index contributed by atoms with van der Waals surface area (Å²) in [6, 6.07) is -0.629. The predicted molar refractivity (Wildman–Crippen MR) is 310 cm³/mol. The minimum atomic E-state index is -0.845. The van der Waals surface area contributed by atoms with Crippen LogP contribution in [0, 0.1) is 0 Å². The lowest BCUT2D eigenvalue weighted by atomic mass is 10.0. The third-order valence-electron chi connectivity index (χ3n) is 14.7. The number of amides is 1. The topological polar surface area (TPSA) is 95.9 Å². The van der Waals surface area contributed by atoms with Gasteiger partial charge in [0, 0.05) is 12.8 Å². The molecule has 0 aliphatic heterocycles. The highest BCUT2D eigenvalue weighted by Crippen LogP contribution is 2.17. The van der Waals surface area contributed by atoms with E-state index in [9.17, 15) is 19.8 Å². The van der Waals surface area contributed by atoms with Crippen LogP contribution in [-0.2, 0) is 14.3 Å². The zero-order valence-corrected chi connectivity index (χ0v) is 47.7. The highest BCUT2D eigenvalue weighted by molar-refractivity contribution is 5.76. The molecular formula is C65H123NO5. The van der Waals surface area contributed by atoms with Gasteiger partial charge in [0.25, 0.3) is 0 Å². The number of hydrogen-bond donors (Lipinski definition) is 3. The molecule has 6 heteroatoms. The van der Waals surface area contributed by atoms with Crippen molar-refractivity contribution in [1.82, 2.24) is 5.32 Å². The first kappa shape index (κ1) is 69.1. The SMILES string of the molecule is CCCCCCCCCCCC/C=C/C(O)C(CO)NC(=O)CCCCCCCCCCCCC/C=C\C/C=C\CCCCCCCCCCCOC(=O)CCCCCCCCCCCCCCCCC. The molecule has 0 aromatic carbocycles. The van der Waals surface area contributed by atoms with Gasteiger partial charge in [-0.25, -0.2) is 0 Å². The van der Waals surface area contributed by atoms with Crippen LogP contribution in [-0.4, -0.2) is 47.4 Å². The summed E-state index contributed by atoms with van der Waals surface area (Å²) in [4.78, 5) is 24.5. The van der Waals surface area contributed by atoms with Gasteiger partial charge in [0.2, 0.25) is 5.91 Å². The van der Waals surface area contributed by atoms with Gasteiger partial charge in [0.15, 0.2) is 0 Å². The van der Waals surface area contributed by atoms with Crippen molar-refractivity contribution in [2.24, 2.45) is 0 Å². The Balaban J connectivity index is 3.41. The molecule has 0 rings (SSSR count). The summed E-state index contributed by atoms with van der Waals surface area (Å²) < 4.78 is 5.49. The van der Waals surface area contributed by atoms with Crippen LogP contribution in [0.2, 0.25) is 0 Å². The maximum atomic E-state index is 12.4. The first-order valence-corrected chi connectivity index (χ1v) is 31.8. The summed E-state index contributed by atoms with van der Waals surface area (Å²) in [6.07, 6.45) is 76.2. The van der Waals surface area contributed by atoms with E-state index in [-0.39, 0.29) is 18.5 Å². The van der Waals surface area contributed by atoms with Crippen LogP contribution in [0.15, 0.2) is 36.5 Å². The van der Waals surface area contributed by atoms with Crippen molar-refractivity contribution in [2.75, 3.05) is 13.2 Å². The van der Waals surface area contributed by atoms with Crippen LogP contribution in [0.4, 0.5) is 0 Å². The summed E-state index contributed by atoms with van der Waals surface area (Å²) in [5, 5.41) is 23.1. The maximum absolute atomic E-state index is 12.4. The smallest absolute Gasteiger partial charge is 0.305 e. The van der Waals surface area contributed by atoms with Gasteiger partial charge < -0.3 is 20.3 Å². The van der Waals surface area contributed by atoms with E-state index in [0.29, 0.717) is 19.4 Å². The second kappa shape index (κ2) is 60.6. The Morgan fingerprint density at radius 3 is 1.07 bits per heavy atom. The molecule has 1 amide bonds. The van der Waals surface area contributed by atoms with E-state index in [1.54, 1.807) is 6.08 Å². The van der Waals surface area contributed by atoms with E-state index in [1.807, 2.05) is 6.08 Å². The first-order chi connectivity index (χ1) is 35.0. The predicted octanol–water partition coefficient (Wildman–Crippen LogP) is 20.0. The summed E-state index contributed by atoms with van der Waals surface area (Å²) in [5.41, 5.74) is 0. The van der Waals surface area contributed by atoms with Crippen molar-refractivity contribution in [3.05, 3.63) is 36.5 Å². The molecule has 0 aromatic heterocycles. The van der Waals surface area contributed by atoms with Crippen molar-refractivity contribution >= 4 is 11.9 Å². The highest BCUT2D eigenvalue weighted by Gasteiger charge is 2.18. The van der Waals surface area contributed by atoms with E-state index in [0.717, 1.165) is 44.9 Å². The fraction of sp³-hybridized carbons (Fsp3) is 0.877. The summed E-state index contributed by atoms with van der Waals surface area (Å²) in [5.74, 6) is -0.0581. The Hall–Kier alpha value is -1.92. The number of carbonyl (C=O) groups is 2. The number of esters is 1. The molecule has 6 nitrogen and oxygen atoms in total. The zero-order valence-electron chi connectivity index (χ0n) is 47.7. The van der Waals surface area contributed by atoms with Crippen molar-refractivity contribution in [3.8, 4) is 0 Å². The van der Waals surface area contributed by atoms with Crippen LogP contribution in [0.3, 0.4) is 0 Å². The van der Waals surface area contributed by atoms with Gasteiger partial charge in [-0.2, -0.15) is 0 Å². The number of carbonyl (C=O) groups excluding carboxylic acids is 2. The molecule has 0 radical (unpaired) electrons. The van der Waals surface area contributed by atoms with Crippen LogP contribution in [0.25, 0.3) is 0 Å². The van der Waals surface area contributed by atoms with Crippen molar-refractivity contribution in [3.63, 3.8) is 0 Å². The number of allylic oxidation sites excluding steroid dienone is 5. The Labute approximate surface area is 443 Å². The van der Waals surface area contributed by atoms with Gasteiger partial charge in [-0.15, -0.1) is 0 Å². The zero-order chi connectivity index (χ0) is 51.4. The molecule has 418 valence electrons. The largest absolute Gasteiger partial charge is 0.466 e. The van der Waals surface area contributed by atoms with Gasteiger partial charge in [-0.1, -0.05) is 301 Å². The van der Waals surface area contributed by atoms with Gasteiger partial charge in [0.05, 0.1) is 25.4 Å². The molecule has 2 atom stereocenters. The van der Waals surface area contributed by atoms with Crippen molar-refractivity contribution in [2.45, 2.75) is 353 Å². The number of ether oxygens (including phenoxy) is 1. The molecular weight excluding hydrogens is 875 g/mol. The molecule has 2 unspecified atom stereocenters. The number of aliphatic hydroxyl groups excluding tert-OH is 2. The van der Waals surface area contributed by atoms with Crippen LogP contribution in [0.1, 0.15) is 341 Å². The monoisotopic (exact) mass is 998 g/mol. The number of unbranched alkanes of at least 4 members (excludes halogenated alkanes) is 44. The van der Waals surface area contributed by atoms with Gasteiger partial charge in [-0.3, -0.25) is 9.59 Å². The summed E-state index contributed by atoms with van der Waals surface area (Å²) >= 11 is 0. The number of aliphatic hydroxyl groups is 2. The van der Waals surface area contributed by atoms with Crippen LogP contribution >= 0.6 is 0 Å². The molecule has 0 fully saturated rings. The highest BCUT2D eigenvalue weighted by atomic mass is 16.5. The Morgan fingerprint density at radius 2 is 0.704 bits per heavy atom. The summed E-state index contributed by atoms with van der Waals surface area (Å²) in [6.45, 7) is 4.91. The summed E-state index contributed by atoms with van der Waals surface area (Å²) in [7, 11) is 0. The molecule has 0 aromatic rings. The molecule has 0 saturated heterocycles. The fourth-order valence-corrected chi connectivity index (χ4v) is 9.78. The normalized spacial score (nSPS) is 12.8. The number of nitrogens with one attached hydrogen (secondary N) is 1. The molecule has 3 N–H and O–H groups in total.